The predicted octanol–water partition coefficient (Wildman–Crippen LogP) is 6.79. The number of fused-ring (bicyclic) bond motifs is 1. The molecule has 37 heavy (non-hydrogen) atoms. The number of benzene rings is 2. The molecule has 7 nitrogen and oxygen atoms in total. The van der Waals surface area contributed by atoms with Crippen molar-refractivity contribution in [1.29, 1.82) is 0 Å². The molecular weight excluding hydrogens is 464 g/mol. The molecule has 0 unspecified atom stereocenters. The second-order valence-electron chi connectivity index (χ2n) is 12.3. The molecule has 0 aliphatic carbocycles. The van der Waals surface area contributed by atoms with Gasteiger partial charge < -0.3 is 19.3 Å². The van der Waals surface area contributed by atoms with Crippen molar-refractivity contribution in [3.8, 4) is 11.6 Å². The zero-order valence-electron chi connectivity index (χ0n) is 23.9. The van der Waals surface area contributed by atoms with Crippen LogP contribution in [0.4, 0.5) is 5.69 Å². The van der Waals surface area contributed by atoms with Crippen molar-refractivity contribution < 1.29 is 19.5 Å². The normalized spacial score (nSPS) is 13.1. The SMILES string of the molecule is CC[N+](C)(CC)CC(=O)N=Nc1c(O)n(Cc2cc(C(C)(C)C)c(O)c(C(C)(C)C)c2)c2ccccc12. The van der Waals surface area contributed by atoms with Gasteiger partial charge in [0.15, 0.2) is 12.2 Å². The van der Waals surface area contributed by atoms with Crippen LogP contribution in [0.3, 0.4) is 0 Å². The molecule has 0 fully saturated rings. The maximum Gasteiger partial charge on any atom is 0.319 e. The van der Waals surface area contributed by atoms with Gasteiger partial charge in [-0.05, 0) is 59.6 Å². The lowest BCUT2D eigenvalue weighted by Gasteiger charge is -2.30. The van der Waals surface area contributed by atoms with Crippen molar-refractivity contribution in [2.24, 2.45) is 10.2 Å². The van der Waals surface area contributed by atoms with E-state index in [1.165, 1.54) is 0 Å². The van der Waals surface area contributed by atoms with Gasteiger partial charge in [0.2, 0.25) is 5.88 Å². The van der Waals surface area contributed by atoms with Crippen LogP contribution < -0.4 is 0 Å². The number of carbonyl (C=O) groups is 1. The van der Waals surface area contributed by atoms with Crippen LogP contribution in [0.5, 0.6) is 11.6 Å². The molecule has 2 aromatic carbocycles. The molecular formula is C30H43N4O3+. The highest BCUT2D eigenvalue weighted by Crippen LogP contribution is 2.42. The van der Waals surface area contributed by atoms with Gasteiger partial charge >= 0.3 is 5.91 Å². The Morgan fingerprint density at radius 2 is 1.49 bits per heavy atom. The number of quaternary nitrogens is 1. The third-order valence-electron chi connectivity index (χ3n) is 7.35. The molecule has 3 rings (SSSR count). The van der Waals surface area contributed by atoms with E-state index in [4.69, 9.17) is 0 Å². The minimum atomic E-state index is -0.314. The molecule has 0 aliphatic rings. The van der Waals surface area contributed by atoms with E-state index < -0.39 is 0 Å². The zero-order chi connectivity index (χ0) is 27.8. The highest BCUT2D eigenvalue weighted by molar-refractivity contribution is 5.95. The lowest BCUT2D eigenvalue weighted by atomic mass is 9.78. The van der Waals surface area contributed by atoms with E-state index in [1.807, 2.05) is 57.3 Å². The number of phenols is 1. The van der Waals surface area contributed by atoms with Crippen molar-refractivity contribution in [2.75, 3.05) is 26.7 Å². The molecule has 0 bridgehead atoms. The number of likely N-dealkylation sites (N-methyl/N-ethyl adjacent to an activating group) is 1. The summed E-state index contributed by atoms with van der Waals surface area (Å²) < 4.78 is 2.37. The Hall–Kier alpha value is -3.19. The summed E-state index contributed by atoms with van der Waals surface area (Å²) in [6.45, 7) is 18.9. The molecule has 1 heterocycles. The number of azo groups is 1. The summed E-state index contributed by atoms with van der Waals surface area (Å²) in [5, 5.41) is 31.3. The second kappa shape index (κ2) is 10.3. The topological polar surface area (TPSA) is 87.2 Å². The van der Waals surface area contributed by atoms with Gasteiger partial charge in [0.1, 0.15) is 5.75 Å². The summed E-state index contributed by atoms with van der Waals surface area (Å²) in [4.78, 5) is 12.6. The molecule has 200 valence electrons. The standard InChI is InChI=1S/C30H42N4O3/c1-10-34(9,11-2)19-25(35)31-32-26-21-14-12-13-15-24(21)33(28(26)37)18-20-16-22(29(3,4)5)27(36)23(17-20)30(6,7)8/h12-17H,10-11,18-19H2,1-9H3,(H-,31,35,36,37)/p+1. The summed E-state index contributed by atoms with van der Waals surface area (Å²) >= 11 is 0. The van der Waals surface area contributed by atoms with Crippen molar-refractivity contribution in [2.45, 2.75) is 72.8 Å². The van der Waals surface area contributed by atoms with Crippen LogP contribution in [-0.4, -0.2) is 51.9 Å². The lowest BCUT2D eigenvalue weighted by Crippen LogP contribution is -2.46. The van der Waals surface area contributed by atoms with Gasteiger partial charge in [-0.2, -0.15) is 0 Å². The molecule has 0 aliphatic heterocycles. The summed E-state index contributed by atoms with van der Waals surface area (Å²) in [6.07, 6.45) is 0. The van der Waals surface area contributed by atoms with Gasteiger partial charge in [0.25, 0.3) is 0 Å². The third kappa shape index (κ3) is 6.04. The fourth-order valence-electron chi connectivity index (χ4n) is 4.55. The van der Waals surface area contributed by atoms with E-state index in [9.17, 15) is 15.0 Å². The van der Waals surface area contributed by atoms with Crippen molar-refractivity contribution in [1.82, 2.24) is 4.57 Å². The highest BCUT2D eigenvalue weighted by atomic mass is 16.3. The summed E-state index contributed by atoms with van der Waals surface area (Å²) in [6, 6.07) is 11.6. The van der Waals surface area contributed by atoms with Crippen molar-refractivity contribution >= 4 is 22.5 Å². The minimum absolute atomic E-state index is 0.0383. The smallest absolute Gasteiger partial charge is 0.319 e. The van der Waals surface area contributed by atoms with E-state index in [1.54, 1.807) is 4.57 Å². The van der Waals surface area contributed by atoms with Crippen molar-refractivity contribution in [3.05, 3.63) is 53.1 Å². The van der Waals surface area contributed by atoms with Gasteiger partial charge in [-0.3, -0.25) is 4.79 Å². The van der Waals surface area contributed by atoms with Crippen LogP contribution in [0.25, 0.3) is 10.9 Å². The number of para-hydroxylation sites is 1. The van der Waals surface area contributed by atoms with E-state index in [0.29, 0.717) is 16.8 Å². The Morgan fingerprint density at radius 1 is 0.946 bits per heavy atom. The number of carbonyl (C=O) groups excluding carboxylic acids is 1. The number of hydrogen-bond acceptors (Lipinski definition) is 4. The second-order valence-corrected chi connectivity index (χ2v) is 12.3. The fourth-order valence-corrected chi connectivity index (χ4v) is 4.55. The van der Waals surface area contributed by atoms with Crippen LogP contribution in [0, 0.1) is 0 Å². The molecule has 3 aromatic rings. The number of amides is 1. The van der Waals surface area contributed by atoms with Crippen LogP contribution in [-0.2, 0) is 22.2 Å². The van der Waals surface area contributed by atoms with Gasteiger partial charge in [-0.15, -0.1) is 10.2 Å². The van der Waals surface area contributed by atoms with E-state index in [2.05, 4.69) is 51.8 Å². The lowest BCUT2D eigenvalue weighted by molar-refractivity contribution is -0.898. The largest absolute Gasteiger partial charge is 0.507 e. The van der Waals surface area contributed by atoms with E-state index >= 15 is 0 Å². The Labute approximate surface area is 221 Å². The number of nitrogens with zero attached hydrogens (tertiary/aromatic N) is 4. The fraction of sp³-hybridized carbons (Fsp3) is 0.500. The van der Waals surface area contributed by atoms with Crippen molar-refractivity contribution in [3.63, 3.8) is 0 Å². The molecule has 7 heteroatoms. The van der Waals surface area contributed by atoms with Gasteiger partial charge in [0, 0.05) is 5.39 Å². The molecule has 2 N–H and O–H groups in total. The molecule has 1 amide bonds. The first-order chi connectivity index (χ1) is 17.1. The van der Waals surface area contributed by atoms with E-state index in [0.717, 1.165) is 40.7 Å². The first-order valence-electron chi connectivity index (χ1n) is 13.1. The molecule has 0 radical (unpaired) electrons. The summed E-state index contributed by atoms with van der Waals surface area (Å²) in [5.41, 5.74) is 3.26. The Bertz CT molecular complexity index is 1280. The monoisotopic (exact) mass is 507 g/mol. The molecule has 0 spiro atoms. The Balaban J connectivity index is 2.09. The predicted molar refractivity (Wildman–Crippen MR) is 150 cm³/mol. The first-order valence-corrected chi connectivity index (χ1v) is 13.1. The van der Waals surface area contributed by atoms with Crippen LogP contribution in [0.1, 0.15) is 72.1 Å². The maximum absolute atomic E-state index is 12.6. The molecule has 0 saturated heterocycles. The maximum atomic E-state index is 12.6. The van der Waals surface area contributed by atoms with Crippen LogP contribution >= 0.6 is 0 Å². The number of aromatic nitrogens is 1. The van der Waals surface area contributed by atoms with Crippen LogP contribution in [0.2, 0.25) is 0 Å². The Morgan fingerprint density at radius 3 is 2.00 bits per heavy atom. The number of phenolic OH excluding ortho intramolecular Hbond substituents is 1. The Kier molecular flexibility index (Phi) is 7.89. The third-order valence-corrected chi connectivity index (χ3v) is 7.35. The average molecular weight is 508 g/mol. The summed E-state index contributed by atoms with van der Waals surface area (Å²) in [7, 11) is 2.02. The minimum Gasteiger partial charge on any atom is -0.507 e. The summed E-state index contributed by atoms with van der Waals surface area (Å²) in [5.74, 6) is -0.0304. The highest BCUT2D eigenvalue weighted by Gasteiger charge is 2.27. The number of aromatic hydroxyl groups is 2. The van der Waals surface area contributed by atoms with Gasteiger partial charge in [-0.1, -0.05) is 59.7 Å². The molecule has 1 aromatic heterocycles. The zero-order valence-corrected chi connectivity index (χ0v) is 23.9. The van der Waals surface area contributed by atoms with Gasteiger partial charge in [0.05, 0.1) is 32.2 Å². The number of hydrogen-bond donors (Lipinski definition) is 2. The van der Waals surface area contributed by atoms with Gasteiger partial charge in [-0.25, -0.2) is 0 Å². The number of rotatable bonds is 7. The first kappa shape index (κ1) is 28.4. The van der Waals surface area contributed by atoms with Crippen LogP contribution in [0.15, 0.2) is 46.6 Å². The van der Waals surface area contributed by atoms with E-state index in [-0.39, 0.29) is 34.8 Å². The average Bonchev–Trinajstić information content (AvgIpc) is 3.07. The quantitative estimate of drug-likeness (QED) is 0.272. The molecule has 0 saturated carbocycles. The molecule has 0 atom stereocenters.